The highest BCUT2D eigenvalue weighted by atomic mass is 16.7. The van der Waals surface area contributed by atoms with Crippen LogP contribution in [0.1, 0.15) is 105 Å². The van der Waals surface area contributed by atoms with Crippen LogP contribution in [0.25, 0.3) is 0 Å². The standard InChI is InChI=1S/C21H44O3/c1-6-11-12-13-14-15-16-18-21(7-2,8-3)24-19-17-20(22-9-4)23-10-5/h20H,6-19H2,1-5H3. The number of unbranched alkanes of at least 4 members (excludes halogenated alkanes) is 6. The fraction of sp³-hybridized carbons (Fsp3) is 1.00. The number of rotatable bonds is 18. The van der Waals surface area contributed by atoms with Gasteiger partial charge in [0, 0.05) is 19.6 Å². The SMILES string of the molecule is CCCCCCCCCC(CC)(CC)OCCC(OCC)OCC. The van der Waals surface area contributed by atoms with Crippen LogP contribution in [0.3, 0.4) is 0 Å². The van der Waals surface area contributed by atoms with E-state index in [1.165, 1.54) is 51.4 Å². The lowest BCUT2D eigenvalue weighted by Crippen LogP contribution is -2.33. The largest absolute Gasteiger partial charge is 0.375 e. The van der Waals surface area contributed by atoms with Crippen LogP contribution in [0, 0.1) is 0 Å². The molecule has 0 fully saturated rings. The zero-order chi connectivity index (χ0) is 18.1. The molecule has 146 valence electrons. The summed E-state index contributed by atoms with van der Waals surface area (Å²) in [5.74, 6) is 0. The number of hydrogen-bond donors (Lipinski definition) is 0. The molecule has 0 N–H and O–H groups in total. The fourth-order valence-electron chi connectivity index (χ4n) is 3.24. The molecule has 0 atom stereocenters. The Balaban J connectivity index is 4.06. The molecular formula is C21H44O3. The van der Waals surface area contributed by atoms with Gasteiger partial charge in [0.25, 0.3) is 0 Å². The van der Waals surface area contributed by atoms with Gasteiger partial charge in [-0.25, -0.2) is 0 Å². The van der Waals surface area contributed by atoms with Crippen molar-refractivity contribution in [1.82, 2.24) is 0 Å². The summed E-state index contributed by atoms with van der Waals surface area (Å²) in [4.78, 5) is 0. The van der Waals surface area contributed by atoms with Crippen LogP contribution in [0.4, 0.5) is 0 Å². The zero-order valence-corrected chi connectivity index (χ0v) is 17.2. The van der Waals surface area contributed by atoms with E-state index in [4.69, 9.17) is 14.2 Å². The lowest BCUT2D eigenvalue weighted by Gasteiger charge is -2.33. The summed E-state index contributed by atoms with van der Waals surface area (Å²) in [6.07, 6.45) is 13.6. The van der Waals surface area contributed by atoms with Gasteiger partial charge in [-0.1, -0.05) is 65.7 Å². The Morgan fingerprint density at radius 2 is 1.25 bits per heavy atom. The van der Waals surface area contributed by atoms with E-state index in [1.54, 1.807) is 0 Å². The lowest BCUT2D eigenvalue weighted by atomic mass is 9.90. The molecule has 0 aliphatic rings. The van der Waals surface area contributed by atoms with Gasteiger partial charge in [0.15, 0.2) is 6.29 Å². The molecular weight excluding hydrogens is 300 g/mol. The van der Waals surface area contributed by atoms with Crippen LogP contribution in [-0.2, 0) is 14.2 Å². The van der Waals surface area contributed by atoms with E-state index in [1.807, 2.05) is 13.8 Å². The summed E-state index contributed by atoms with van der Waals surface area (Å²) in [5, 5.41) is 0. The first-order chi connectivity index (χ1) is 11.7. The molecule has 0 unspecified atom stereocenters. The molecule has 0 aromatic carbocycles. The molecule has 0 spiro atoms. The first-order valence-corrected chi connectivity index (χ1v) is 10.5. The summed E-state index contributed by atoms with van der Waals surface area (Å²) < 4.78 is 17.6. The number of ether oxygens (including phenoxy) is 3. The third kappa shape index (κ3) is 11.4. The second-order valence-corrected chi connectivity index (χ2v) is 6.74. The Labute approximate surface area is 151 Å². The molecule has 0 heterocycles. The second kappa shape index (κ2) is 16.4. The third-order valence-corrected chi connectivity index (χ3v) is 4.99. The second-order valence-electron chi connectivity index (χ2n) is 6.74. The van der Waals surface area contributed by atoms with Crippen molar-refractivity contribution in [2.24, 2.45) is 0 Å². The molecule has 0 aliphatic heterocycles. The van der Waals surface area contributed by atoms with E-state index < -0.39 is 0 Å². The van der Waals surface area contributed by atoms with E-state index in [2.05, 4.69) is 20.8 Å². The van der Waals surface area contributed by atoms with E-state index in [9.17, 15) is 0 Å². The van der Waals surface area contributed by atoms with Crippen LogP contribution < -0.4 is 0 Å². The topological polar surface area (TPSA) is 27.7 Å². The van der Waals surface area contributed by atoms with E-state index in [0.717, 1.165) is 25.9 Å². The molecule has 0 bridgehead atoms. The third-order valence-electron chi connectivity index (χ3n) is 4.99. The maximum absolute atomic E-state index is 6.34. The van der Waals surface area contributed by atoms with Crippen LogP contribution >= 0.6 is 0 Å². The molecule has 24 heavy (non-hydrogen) atoms. The van der Waals surface area contributed by atoms with Gasteiger partial charge in [0.2, 0.25) is 0 Å². The molecule has 0 radical (unpaired) electrons. The molecule has 0 saturated carbocycles. The Kier molecular flexibility index (Phi) is 16.3. The predicted octanol–water partition coefficient (Wildman–Crippen LogP) is 6.49. The van der Waals surface area contributed by atoms with Crippen molar-refractivity contribution < 1.29 is 14.2 Å². The van der Waals surface area contributed by atoms with E-state index in [0.29, 0.717) is 13.2 Å². The Hall–Kier alpha value is -0.120. The van der Waals surface area contributed by atoms with Gasteiger partial charge in [-0.15, -0.1) is 0 Å². The molecule has 0 saturated heterocycles. The molecule has 0 amide bonds. The molecule has 0 rings (SSSR count). The van der Waals surface area contributed by atoms with Gasteiger partial charge < -0.3 is 14.2 Å². The van der Waals surface area contributed by atoms with Gasteiger partial charge in [-0.2, -0.15) is 0 Å². The lowest BCUT2D eigenvalue weighted by molar-refractivity contribution is -0.158. The van der Waals surface area contributed by atoms with Gasteiger partial charge in [0.1, 0.15) is 0 Å². The molecule has 3 heteroatoms. The Bertz CT molecular complexity index is 245. The van der Waals surface area contributed by atoms with Crippen LogP contribution in [0.2, 0.25) is 0 Å². The monoisotopic (exact) mass is 344 g/mol. The fourth-order valence-corrected chi connectivity index (χ4v) is 3.24. The first kappa shape index (κ1) is 23.9. The Morgan fingerprint density at radius 1 is 0.708 bits per heavy atom. The summed E-state index contributed by atoms with van der Waals surface area (Å²) in [6.45, 7) is 12.9. The van der Waals surface area contributed by atoms with E-state index in [-0.39, 0.29) is 11.9 Å². The van der Waals surface area contributed by atoms with Crippen molar-refractivity contribution >= 4 is 0 Å². The van der Waals surface area contributed by atoms with Crippen LogP contribution in [0.5, 0.6) is 0 Å². The van der Waals surface area contributed by atoms with Gasteiger partial charge in [0.05, 0.1) is 12.2 Å². The van der Waals surface area contributed by atoms with Crippen molar-refractivity contribution in [1.29, 1.82) is 0 Å². The average Bonchev–Trinajstić information content (AvgIpc) is 2.60. The highest BCUT2D eigenvalue weighted by molar-refractivity contribution is 4.78. The highest BCUT2D eigenvalue weighted by Crippen LogP contribution is 2.28. The van der Waals surface area contributed by atoms with Crippen molar-refractivity contribution in [2.75, 3.05) is 19.8 Å². The maximum atomic E-state index is 6.34. The summed E-state index contributed by atoms with van der Waals surface area (Å²) in [7, 11) is 0. The molecule has 0 aliphatic carbocycles. The van der Waals surface area contributed by atoms with Gasteiger partial charge in [-0.05, 0) is 33.1 Å². The molecule has 3 nitrogen and oxygen atoms in total. The molecule has 0 aromatic rings. The van der Waals surface area contributed by atoms with Crippen LogP contribution in [0.15, 0.2) is 0 Å². The zero-order valence-electron chi connectivity index (χ0n) is 17.2. The summed E-state index contributed by atoms with van der Waals surface area (Å²) in [5.41, 5.74) is 0.0480. The minimum absolute atomic E-state index is 0.0480. The quantitative estimate of drug-likeness (QED) is 0.210. The van der Waals surface area contributed by atoms with Crippen LogP contribution in [-0.4, -0.2) is 31.7 Å². The summed E-state index contributed by atoms with van der Waals surface area (Å²) in [6, 6.07) is 0. The van der Waals surface area contributed by atoms with Crippen molar-refractivity contribution in [3.63, 3.8) is 0 Å². The normalized spacial score (nSPS) is 12.2. The maximum Gasteiger partial charge on any atom is 0.159 e. The summed E-state index contributed by atoms with van der Waals surface area (Å²) >= 11 is 0. The van der Waals surface area contributed by atoms with E-state index >= 15 is 0 Å². The van der Waals surface area contributed by atoms with Gasteiger partial charge in [-0.3, -0.25) is 0 Å². The minimum atomic E-state index is -0.120. The Morgan fingerprint density at radius 3 is 1.75 bits per heavy atom. The van der Waals surface area contributed by atoms with Crippen molar-refractivity contribution in [3.8, 4) is 0 Å². The smallest absolute Gasteiger partial charge is 0.159 e. The predicted molar refractivity (Wildman–Crippen MR) is 104 cm³/mol. The molecule has 0 aromatic heterocycles. The van der Waals surface area contributed by atoms with Crippen molar-refractivity contribution in [2.45, 2.75) is 117 Å². The first-order valence-electron chi connectivity index (χ1n) is 10.5. The highest BCUT2D eigenvalue weighted by Gasteiger charge is 2.26. The minimum Gasteiger partial charge on any atom is -0.375 e. The average molecular weight is 345 g/mol. The number of hydrogen-bond acceptors (Lipinski definition) is 3. The van der Waals surface area contributed by atoms with Gasteiger partial charge >= 0.3 is 0 Å². The van der Waals surface area contributed by atoms with Crippen molar-refractivity contribution in [3.05, 3.63) is 0 Å².